The first-order valence-corrected chi connectivity index (χ1v) is 5.08. The lowest BCUT2D eigenvalue weighted by atomic mass is 9.80. The molecule has 0 aliphatic rings. The van der Waals surface area contributed by atoms with E-state index in [0.29, 0.717) is 10.1 Å². The molecule has 1 aromatic carbocycles. The van der Waals surface area contributed by atoms with Gasteiger partial charge in [-0.3, -0.25) is 0 Å². The molecule has 0 bridgehead atoms. The average molecular weight is 230 g/mol. The van der Waals surface area contributed by atoms with Gasteiger partial charge < -0.3 is 10.0 Å². The Labute approximate surface area is 88.7 Å². The smallest absolute Gasteiger partial charge is 0.423 e. The quantitative estimate of drug-likeness (QED) is 0.727. The van der Waals surface area contributed by atoms with Gasteiger partial charge in [0.15, 0.2) is 0 Å². The van der Waals surface area contributed by atoms with Crippen LogP contribution in [0.3, 0.4) is 0 Å². The van der Waals surface area contributed by atoms with Gasteiger partial charge in [-0.15, -0.1) is 11.3 Å². The highest BCUT2D eigenvalue weighted by Crippen LogP contribution is 2.29. The van der Waals surface area contributed by atoms with Gasteiger partial charge in [0.25, 0.3) is 0 Å². The summed E-state index contributed by atoms with van der Waals surface area (Å²) in [6.45, 7) is 0. The van der Waals surface area contributed by atoms with Crippen LogP contribution in [0.15, 0.2) is 17.5 Å². The van der Waals surface area contributed by atoms with Crippen LogP contribution in [-0.4, -0.2) is 17.2 Å². The fraction of sp³-hybridized carbons (Fsp3) is 0. The number of halogens is 2. The molecule has 2 nitrogen and oxygen atoms in total. The number of rotatable bonds is 1. The minimum atomic E-state index is -1.75. The molecule has 2 N–H and O–H groups in total. The molecule has 0 aliphatic carbocycles. The SMILES string of the molecule is OB(O)c1cc(F)c2ccsc2c1Cl. The molecule has 6 heteroatoms. The second-order valence-corrected chi connectivity index (χ2v) is 4.09. The van der Waals surface area contributed by atoms with Gasteiger partial charge in [0, 0.05) is 10.8 Å². The molecule has 0 saturated heterocycles. The van der Waals surface area contributed by atoms with Crippen molar-refractivity contribution in [1.82, 2.24) is 0 Å². The van der Waals surface area contributed by atoms with E-state index in [1.807, 2.05) is 0 Å². The van der Waals surface area contributed by atoms with E-state index >= 15 is 0 Å². The summed E-state index contributed by atoms with van der Waals surface area (Å²) in [5.74, 6) is -0.492. The highest BCUT2D eigenvalue weighted by Gasteiger charge is 2.20. The molecule has 0 aliphatic heterocycles. The summed E-state index contributed by atoms with van der Waals surface area (Å²) >= 11 is 7.14. The summed E-state index contributed by atoms with van der Waals surface area (Å²) in [5, 5.41) is 20.2. The molecule has 0 unspecified atom stereocenters. The predicted octanol–water partition coefficient (Wildman–Crippen LogP) is 1.37. The van der Waals surface area contributed by atoms with Crippen molar-refractivity contribution >= 4 is 45.6 Å². The van der Waals surface area contributed by atoms with Gasteiger partial charge in [-0.05, 0) is 17.5 Å². The van der Waals surface area contributed by atoms with Crippen molar-refractivity contribution in [3.05, 3.63) is 28.4 Å². The second kappa shape index (κ2) is 3.51. The molecule has 0 radical (unpaired) electrons. The van der Waals surface area contributed by atoms with E-state index in [9.17, 15) is 4.39 Å². The van der Waals surface area contributed by atoms with E-state index in [1.165, 1.54) is 11.3 Å². The zero-order chi connectivity index (χ0) is 10.3. The summed E-state index contributed by atoms with van der Waals surface area (Å²) in [4.78, 5) is 0. The largest absolute Gasteiger partial charge is 0.490 e. The van der Waals surface area contributed by atoms with E-state index < -0.39 is 12.9 Å². The van der Waals surface area contributed by atoms with Gasteiger partial charge in [-0.1, -0.05) is 11.6 Å². The van der Waals surface area contributed by atoms with Gasteiger partial charge in [0.05, 0.1) is 9.72 Å². The summed E-state index contributed by atoms with van der Waals surface area (Å²) < 4.78 is 13.9. The molecular formula is C8H5BClFO2S. The minimum Gasteiger partial charge on any atom is -0.423 e. The molecule has 14 heavy (non-hydrogen) atoms. The maximum atomic E-state index is 13.3. The van der Waals surface area contributed by atoms with Crippen LogP contribution in [0.5, 0.6) is 0 Å². The van der Waals surface area contributed by atoms with E-state index in [0.717, 1.165) is 6.07 Å². The van der Waals surface area contributed by atoms with Crippen molar-refractivity contribution in [3.8, 4) is 0 Å². The first-order valence-electron chi connectivity index (χ1n) is 3.82. The Morgan fingerprint density at radius 3 is 2.79 bits per heavy atom. The third-order valence-electron chi connectivity index (χ3n) is 1.94. The second-order valence-electron chi connectivity index (χ2n) is 2.80. The van der Waals surface area contributed by atoms with Gasteiger partial charge >= 0.3 is 7.12 Å². The van der Waals surface area contributed by atoms with Crippen molar-refractivity contribution in [3.63, 3.8) is 0 Å². The molecule has 0 spiro atoms. The molecular weight excluding hydrogens is 225 g/mol. The van der Waals surface area contributed by atoms with Crippen molar-refractivity contribution in [2.45, 2.75) is 0 Å². The van der Waals surface area contributed by atoms with Crippen LogP contribution >= 0.6 is 22.9 Å². The maximum Gasteiger partial charge on any atom is 0.490 e. The van der Waals surface area contributed by atoms with Crippen molar-refractivity contribution in [2.24, 2.45) is 0 Å². The van der Waals surface area contributed by atoms with Crippen LogP contribution in [0.4, 0.5) is 4.39 Å². The number of benzene rings is 1. The van der Waals surface area contributed by atoms with Crippen LogP contribution in [0.1, 0.15) is 0 Å². The highest BCUT2D eigenvalue weighted by molar-refractivity contribution is 7.18. The first-order chi connectivity index (χ1) is 6.61. The summed E-state index contributed by atoms with van der Waals surface area (Å²) in [5.41, 5.74) is -0.000818. The lowest BCUT2D eigenvalue weighted by Gasteiger charge is -2.04. The van der Waals surface area contributed by atoms with Crippen LogP contribution in [-0.2, 0) is 0 Å². The molecule has 72 valence electrons. The Balaban J connectivity index is 2.82. The van der Waals surface area contributed by atoms with Crippen molar-refractivity contribution in [2.75, 3.05) is 0 Å². The Bertz CT molecular complexity index is 485. The summed E-state index contributed by atoms with van der Waals surface area (Å²) in [6.07, 6.45) is 0. The Hall–Kier alpha value is -0.615. The van der Waals surface area contributed by atoms with Crippen LogP contribution in [0.25, 0.3) is 10.1 Å². The molecule has 2 rings (SSSR count). The van der Waals surface area contributed by atoms with E-state index in [4.69, 9.17) is 21.6 Å². The van der Waals surface area contributed by atoms with E-state index in [2.05, 4.69) is 0 Å². The number of hydrogen-bond acceptors (Lipinski definition) is 3. The Morgan fingerprint density at radius 2 is 2.14 bits per heavy atom. The van der Waals surface area contributed by atoms with Gasteiger partial charge in [-0.25, -0.2) is 4.39 Å². The first kappa shape index (κ1) is 9.92. The highest BCUT2D eigenvalue weighted by atomic mass is 35.5. The zero-order valence-corrected chi connectivity index (χ0v) is 8.44. The lowest BCUT2D eigenvalue weighted by Crippen LogP contribution is -2.31. The molecule has 0 atom stereocenters. The van der Waals surface area contributed by atoms with Crippen LogP contribution in [0, 0.1) is 5.82 Å². The monoisotopic (exact) mass is 230 g/mol. The standard InChI is InChI=1S/C8H5BClFO2S/c10-7-5(9(12)13)3-6(11)4-1-2-14-8(4)7/h1-3,12-13H. The van der Waals surface area contributed by atoms with Crippen molar-refractivity contribution in [1.29, 1.82) is 0 Å². The normalized spacial score (nSPS) is 10.9. The molecule has 1 aromatic heterocycles. The fourth-order valence-electron chi connectivity index (χ4n) is 1.26. The average Bonchev–Trinajstić information content (AvgIpc) is 2.59. The molecule has 0 saturated carbocycles. The number of hydrogen-bond donors (Lipinski definition) is 2. The Morgan fingerprint density at radius 1 is 1.43 bits per heavy atom. The molecule has 0 amide bonds. The van der Waals surface area contributed by atoms with Crippen LogP contribution < -0.4 is 5.46 Å². The minimum absolute atomic E-state index is 0.000818. The molecule has 0 fully saturated rings. The summed E-state index contributed by atoms with van der Waals surface area (Å²) in [6, 6.07) is 2.65. The number of thiophene rings is 1. The Kier molecular flexibility index (Phi) is 2.49. The van der Waals surface area contributed by atoms with Gasteiger partial charge in [0.2, 0.25) is 0 Å². The van der Waals surface area contributed by atoms with Gasteiger partial charge in [-0.2, -0.15) is 0 Å². The van der Waals surface area contributed by atoms with Crippen molar-refractivity contribution < 1.29 is 14.4 Å². The predicted molar refractivity (Wildman–Crippen MR) is 56.6 cm³/mol. The fourth-order valence-corrected chi connectivity index (χ4v) is 2.51. The topological polar surface area (TPSA) is 40.5 Å². The molecule has 2 aromatic rings. The van der Waals surface area contributed by atoms with Crippen LogP contribution in [0.2, 0.25) is 5.02 Å². The van der Waals surface area contributed by atoms with E-state index in [1.54, 1.807) is 11.4 Å². The van der Waals surface area contributed by atoms with Gasteiger partial charge in [0.1, 0.15) is 5.82 Å². The van der Waals surface area contributed by atoms with E-state index in [-0.39, 0.29) is 10.5 Å². The molecule has 1 heterocycles. The zero-order valence-electron chi connectivity index (χ0n) is 6.87. The third-order valence-corrected chi connectivity index (χ3v) is 3.39. The lowest BCUT2D eigenvalue weighted by molar-refractivity contribution is 0.425. The number of fused-ring (bicyclic) bond motifs is 1. The summed E-state index contributed by atoms with van der Waals surface area (Å²) in [7, 11) is -1.75. The maximum absolute atomic E-state index is 13.3. The third kappa shape index (κ3) is 1.42.